The maximum Gasteiger partial charge on any atom is 0.291 e. The number of anilines is 1. The maximum atomic E-state index is 12.1. The van der Waals surface area contributed by atoms with Crippen molar-refractivity contribution in [2.24, 2.45) is 0 Å². The fourth-order valence-electron chi connectivity index (χ4n) is 1.72. The second kappa shape index (κ2) is 5.11. The van der Waals surface area contributed by atoms with Crippen LogP contribution in [-0.4, -0.2) is 15.9 Å². The molecule has 3 aromatic rings. The molecule has 0 unspecified atom stereocenters. The molecule has 1 N–H and O–H groups in total. The third-order valence-corrected chi connectivity index (χ3v) is 3.22. The number of nitrogens with one attached hydrogen (secondary N) is 1. The Kier molecular flexibility index (Phi) is 3.30. The van der Waals surface area contributed by atoms with Crippen LogP contribution in [0.4, 0.5) is 5.69 Å². The lowest BCUT2D eigenvalue weighted by Crippen LogP contribution is -2.12. The molecular formula is C13H7Cl2N3O2. The number of amides is 1. The summed E-state index contributed by atoms with van der Waals surface area (Å²) >= 11 is 11.7. The first kappa shape index (κ1) is 12.9. The Morgan fingerprint density at radius 1 is 1.15 bits per heavy atom. The molecule has 0 aliphatic rings. The van der Waals surface area contributed by atoms with Gasteiger partial charge in [0.05, 0.1) is 0 Å². The maximum absolute atomic E-state index is 12.1. The van der Waals surface area contributed by atoms with Crippen molar-refractivity contribution >= 4 is 45.8 Å². The molecule has 0 fully saturated rings. The molecule has 1 amide bonds. The predicted octanol–water partition coefficient (Wildman–Crippen LogP) is 3.78. The number of benzene rings is 1. The van der Waals surface area contributed by atoms with Crippen LogP contribution in [0.5, 0.6) is 0 Å². The van der Waals surface area contributed by atoms with Crippen LogP contribution >= 0.6 is 23.2 Å². The summed E-state index contributed by atoms with van der Waals surface area (Å²) in [5, 5.41) is 3.50. The molecule has 0 saturated carbocycles. The number of carbonyl (C=O) groups is 1. The van der Waals surface area contributed by atoms with E-state index in [1.165, 1.54) is 6.33 Å². The van der Waals surface area contributed by atoms with E-state index in [1.54, 1.807) is 12.1 Å². The Labute approximate surface area is 123 Å². The number of fused-ring (bicyclic) bond motifs is 1. The van der Waals surface area contributed by atoms with Gasteiger partial charge in [-0.3, -0.25) is 4.79 Å². The van der Waals surface area contributed by atoms with Gasteiger partial charge in [0.2, 0.25) is 0 Å². The first-order valence-corrected chi connectivity index (χ1v) is 6.36. The minimum Gasteiger partial charge on any atom is -0.451 e. The topological polar surface area (TPSA) is 68.0 Å². The number of nitrogens with zero attached hydrogens (tertiary/aromatic N) is 2. The van der Waals surface area contributed by atoms with Gasteiger partial charge in [0.25, 0.3) is 5.91 Å². The van der Waals surface area contributed by atoms with E-state index in [2.05, 4.69) is 15.3 Å². The van der Waals surface area contributed by atoms with Crippen LogP contribution in [-0.2, 0) is 0 Å². The highest BCUT2D eigenvalue weighted by Gasteiger charge is 2.16. The molecule has 2 heterocycles. The van der Waals surface area contributed by atoms with Gasteiger partial charge in [-0.15, -0.1) is 0 Å². The zero-order valence-corrected chi connectivity index (χ0v) is 11.4. The number of para-hydroxylation sites is 1. The molecule has 0 spiro atoms. The Bertz CT molecular complexity index is 748. The average Bonchev–Trinajstić information content (AvgIpc) is 2.87. The summed E-state index contributed by atoms with van der Waals surface area (Å²) < 4.78 is 5.44. The van der Waals surface area contributed by atoms with Gasteiger partial charge in [0.15, 0.2) is 16.1 Å². The van der Waals surface area contributed by atoms with Crippen LogP contribution in [0.3, 0.4) is 0 Å². The fraction of sp³-hybridized carbons (Fsp3) is 0. The molecule has 2 aromatic heterocycles. The van der Waals surface area contributed by atoms with E-state index < -0.39 is 5.91 Å². The van der Waals surface area contributed by atoms with Crippen molar-refractivity contribution in [1.29, 1.82) is 0 Å². The van der Waals surface area contributed by atoms with Gasteiger partial charge in [-0.05, 0) is 12.1 Å². The van der Waals surface area contributed by atoms with Crippen LogP contribution in [0.15, 0.2) is 41.1 Å². The first-order chi connectivity index (χ1) is 9.65. The van der Waals surface area contributed by atoms with Gasteiger partial charge in [0.1, 0.15) is 17.6 Å². The number of halogens is 2. The molecule has 100 valence electrons. The second-order valence-corrected chi connectivity index (χ2v) is 4.65. The van der Waals surface area contributed by atoms with Gasteiger partial charge in [-0.25, -0.2) is 9.97 Å². The van der Waals surface area contributed by atoms with E-state index in [4.69, 9.17) is 27.6 Å². The Hall–Kier alpha value is -2.11. The van der Waals surface area contributed by atoms with Gasteiger partial charge < -0.3 is 9.73 Å². The zero-order valence-electron chi connectivity index (χ0n) is 9.93. The molecule has 7 heteroatoms. The van der Waals surface area contributed by atoms with Crippen LogP contribution in [0.25, 0.3) is 11.0 Å². The third-order valence-electron chi connectivity index (χ3n) is 2.64. The van der Waals surface area contributed by atoms with Gasteiger partial charge >= 0.3 is 0 Å². The Balaban J connectivity index is 1.93. The minimum absolute atomic E-state index is 0.0643. The zero-order chi connectivity index (χ0) is 14.1. The molecule has 1 aromatic carbocycles. The van der Waals surface area contributed by atoms with Gasteiger partial charge in [0, 0.05) is 5.39 Å². The number of hydrogen-bond acceptors (Lipinski definition) is 4. The number of furan rings is 1. The van der Waals surface area contributed by atoms with Gasteiger partial charge in [-0.1, -0.05) is 41.4 Å². The molecule has 0 bridgehead atoms. The van der Waals surface area contributed by atoms with Crippen molar-refractivity contribution < 1.29 is 9.21 Å². The molecular weight excluding hydrogens is 301 g/mol. The quantitative estimate of drug-likeness (QED) is 0.731. The van der Waals surface area contributed by atoms with Crippen molar-refractivity contribution in [3.63, 3.8) is 0 Å². The van der Waals surface area contributed by atoms with Crippen LogP contribution in [0.1, 0.15) is 10.6 Å². The predicted molar refractivity (Wildman–Crippen MR) is 76.2 cm³/mol. The van der Waals surface area contributed by atoms with E-state index in [0.717, 1.165) is 5.39 Å². The summed E-state index contributed by atoms with van der Waals surface area (Å²) in [6, 6.07) is 8.94. The number of hydrogen-bond donors (Lipinski definition) is 1. The number of rotatable bonds is 2. The molecule has 20 heavy (non-hydrogen) atoms. The molecule has 0 radical (unpaired) electrons. The molecule has 0 aliphatic heterocycles. The largest absolute Gasteiger partial charge is 0.451 e. The van der Waals surface area contributed by atoms with E-state index >= 15 is 0 Å². The van der Waals surface area contributed by atoms with Crippen molar-refractivity contribution in [3.8, 4) is 0 Å². The monoisotopic (exact) mass is 307 g/mol. The fourth-order valence-corrected chi connectivity index (χ4v) is 2.13. The Morgan fingerprint density at radius 2 is 1.85 bits per heavy atom. The highest BCUT2D eigenvalue weighted by atomic mass is 35.5. The summed E-state index contributed by atoms with van der Waals surface area (Å²) in [5.41, 5.74) is 0.778. The highest BCUT2D eigenvalue weighted by Crippen LogP contribution is 2.27. The van der Waals surface area contributed by atoms with E-state index in [-0.39, 0.29) is 21.8 Å². The number of aromatic nitrogens is 2. The Morgan fingerprint density at radius 3 is 2.55 bits per heavy atom. The lowest BCUT2D eigenvalue weighted by Gasteiger charge is -2.05. The summed E-state index contributed by atoms with van der Waals surface area (Å²) in [4.78, 5) is 19.6. The average molecular weight is 308 g/mol. The van der Waals surface area contributed by atoms with Crippen molar-refractivity contribution in [3.05, 3.63) is 52.7 Å². The van der Waals surface area contributed by atoms with Crippen LogP contribution in [0, 0.1) is 0 Å². The summed E-state index contributed by atoms with van der Waals surface area (Å²) in [7, 11) is 0. The molecule has 0 aliphatic carbocycles. The van der Waals surface area contributed by atoms with Crippen LogP contribution in [0.2, 0.25) is 10.3 Å². The van der Waals surface area contributed by atoms with Crippen molar-refractivity contribution in [1.82, 2.24) is 9.97 Å². The summed E-state index contributed by atoms with van der Waals surface area (Å²) in [6.07, 6.45) is 1.21. The SMILES string of the molecule is O=C(Nc1c(Cl)ncnc1Cl)c1cc2ccccc2o1. The van der Waals surface area contributed by atoms with Crippen molar-refractivity contribution in [2.45, 2.75) is 0 Å². The smallest absolute Gasteiger partial charge is 0.291 e. The molecule has 5 nitrogen and oxygen atoms in total. The lowest BCUT2D eigenvalue weighted by molar-refractivity contribution is 0.0998. The molecule has 0 saturated heterocycles. The summed E-state index contributed by atoms with van der Waals surface area (Å²) in [5.74, 6) is -0.318. The normalized spacial score (nSPS) is 10.7. The lowest BCUT2D eigenvalue weighted by atomic mass is 10.2. The highest BCUT2D eigenvalue weighted by molar-refractivity contribution is 6.38. The number of carbonyl (C=O) groups excluding carboxylic acids is 1. The van der Waals surface area contributed by atoms with Crippen molar-refractivity contribution in [2.75, 3.05) is 5.32 Å². The first-order valence-electron chi connectivity index (χ1n) is 5.61. The van der Waals surface area contributed by atoms with Crippen LogP contribution < -0.4 is 5.32 Å². The third kappa shape index (κ3) is 2.33. The second-order valence-electron chi connectivity index (χ2n) is 3.93. The minimum atomic E-state index is -0.472. The standard InChI is InChI=1S/C13H7Cl2N3O2/c14-11-10(12(15)17-6-16-11)18-13(19)9-5-7-3-1-2-4-8(7)20-9/h1-6H,(H,18,19). The molecule has 3 rings (SSSR count). The summed E-state index contributed by atoms with van der Waals surface area (Å²) in [6.45, 7) is 0. The van der Waals surface area contributed by atoms with E-state index in [1.807, 2.05) is 18.2 Å². The molecule has 0 atom stereocenters. The van der Waals surface area contributed by atoms with E-state index in [0.29, 0.717) is 5.58 Å². The van der Waals surface area contributed by atoms with E-state index in [9.17, 15) is 4.79 Å². The van der Waals surface area contributed by atoms with Gasteiger partial charge in [-0.2, -0.15) is 0 Å².